The number of hydrogen-bond acceptors (Lipinski definition) is 9. The third-order valence-corrected chi connectivity index (χ3v) is 1.99. The van der Waals surface area contributed by atoms with Crippen LogP contribution in [0.2, 0.25) is 0 Å². The molecule has 0 aliphatic carbocycles. The SMILES string of the molecule is O=C1O[C@H]([C@@H](O)CO)C([O-])=C1OS(=O)(=O)[O-].[Ba+2]. The van der Waals surface area contributed by atoms with E-state index in [1.807, 2.05) is 0 Å². The van der Waals surface area contributed by atoms with E-state index in [1.54, 1.807) is 0 Å². The molecule has 2 N–H and O–H groups in total. The molecule has 0 spiro atoms. The molecular formula is C6H6BaO9S. The molecule has 0 bridgehead atoms. The average molecular weight is 392 g/mol. The van der Waals surface area contributed by atoms with Gasteiger partial charge in [0, 0.05) is 0 Å². The Balaban J connectivity index is 0.00000256. The zero-order chi connectivity index (χ0) is 12.5. The first-order valence-electron chi connectivity index (χ1n) is 3.82. The number of carbonyl (C=O) groups is 1. The normalized spacial score (nSPS) is 21.8. The van der Waals surface area contributed by atoms with Gasteiger partial charge in [-0.3, -0.25) is 0 Å². The Morgan fingerprint density at radius 3 is 2.47 bits per heavy atom. The summed E-state index contributed by atoms with van der Waals surface area (Å²) in [7, 11) is -5.28. The molecule has 11 heteroatoms. The first-order valence-corrected chi connectivity index (χ1v) is 5.16. The molecule has 0 saturated carbocycles. The second-order valence-corrected chi connectivity index (χ2v) is 3.74. The van der Waals surface area contributed by atoms with Crippen molar-refractivity contribution in [3.63, 3.8) is 0 Å². The fourth-order valence-corrected chi connectivity index (χ4v) is 1.33. The van der Waals surface area contributed by atoms with Crippen molar-refractivity contribution in [2.45, 2.75) is 12.2 Å². The molecule has 17 heavy (non-hydrogen) atoms. The van der Waals surface area contributed by atoms with Crippen molar-refractivity contribution in [2.24, 2.45) is 0 Å². The predicted octanol–water partition coefficient (Wildman–Crippen LogP) is -4.07. The Labute approximate surface area is 136 Å². The molecule has 0 radical (unpaired) electrons. The van der Waals surface area contributed by atoms with Crippen molar-refractivity contribution in [1.29, 1.82) is 0 Å². The van der Waals surface area contributed by atoms with Gasteiger partial charge in [0.25, 0.3) is 10.4 Å². The zero-order valence-electron chi connectivity index (χ0n) is 8.23. The maximum absolute atomic E-state index is 11.2. The predicted molar refractivity (Wildman–Crippen MR) is 46.5 cm³/mol. The van der Waals surface area contributed by atoms with E-state index in [9.17, 15) is 22.9 Å². The number of hydrogen-bond donors (Lipinski definition) is 2. The summed E-state index contributed by atoms with van der Waals surface area (Å²) in [5, 5.41) is 28.7. The van der Waals surface area contributed by atoms with Gasteiger partial charge in [-0.1, -0.05) is 0 Å². The van der Waals surface area contributed by atoms with Crippen molar-refractivity contribution >= 4 is 65.2 Å². The third-order valence-electron chi connectivity index (χ3n) is 1.62. The van der Waals surface area contributed by atoms with E-state index < -0.39 is 46.7 Å². The Morgan fingerprint density at radius 1 is 1.53 bits per heavy atom. The van der Waals surface area contributed by atoms with Gasteiger partial charge in [-0.2, -0.15) is 0 Å². The van der Waals surface area contributed by atoms with E-state index in [-0.39, 0.29) is 48.9 Å². The van der Waals surface area contributed by atoms with Gasteiger partial charge in [-0.05, 0) is 5.76 Å². The number of aliphatic hydroxyl groups excluding tert-OH is 2. The first-order chi connectivity index (χ1) is 7.26. The van der Waals surface area contributed by atoms with Crippen LogP contribution in [0.15, 0.2) is 11.5 Å². The number of aliphatic hydroxyl groups is 2. The largest absolute Gasteiger partial charge is 2.00 e. The van der Waals surface area contributed by atoms with Crippen molar-refractivity contribution < 1.29 is 42.0 Å². The zero-order valence-corrected chi connectivity index (χ0v) is 13.5. The maximum Gasteiger partial charge on any atom is 2.00 e. The standard InChI is InChI=1S/C6H8O9S.Ba/c7-1-2(8)4-3(9)5(6(10)14-4)15-16(11,12)13;/h2,4,7-9H,1H2,(H,11,12,13);/q;+2/p-2/t2-,4+;/m0./s1. The van der Waals surface area contributed by atoms with Gasteiger partial charge in [-0.15, -0.1) is 0 Å². The minimum atomic E-state index is -5.28. The third kappa shape index (κ3) is 4.42. The molecule has 0 saturated heterocycles. The second kappa shape index (κ2) is 6.40. The van der Waals surface area contributed by atoms with E-state index in [0.29, 0.717) is 0 Å². The van der Waals surface area contributed by atoms with Crippen LogP contribution in [0.25, 0.3) is 0 Å². The average Bonchev–Trinajstić information content (AvgIpc) is 2.42. The number of ether oxygens (including phenoxy) is 1. The number of rotatable bonds is 4. The Hall–Kier alpha value is 0.211. The molecule has 1 aliphatic rings. The monoisotopic (exact) mass is 392 g/mol. The molecule has 0 aromatic heterocycles. The summed E-state index contributed by atoms with van der Waals surface area (Å²) in [6.07, 6.45) is -3.49. The van der Waals surface area contributed by atoms with E-state index in [4.69, 9.17) is 10.2 Å². The van der Waals surface area contributed by atoms with Gasteiger partial charge in [0.1, 0.15) is 12.2 Å². The van der Waals surface area contributed by atoms with Crippen molar-refractivity contribution in [1.82, 2.24) is 0 Å². The van der Waals surface area contributed by atoms with Gasteiger partial charge in [0.05, 0.1) is 6.61 Å². The van der Waals surface area contributed by atoms with E-state index in [1.165, 1.54) is 0 Å². The molecule has 2 atom stereocenters. The molecule has 0 fully saturated rings. The Morgan fingerprint density at radius 2 is 2.06 bits per heavy atom. The molecule has 9 nitrogen and oxygen atoms in total. The fourth-order valence-electron chi connectivity index (χ4n) is 0.978. The van der Waals surface area contributed by atoms with Crippen LogP contribution in [-0.4, -0.2) is 96.8 Å². The molecule has 1 heterocycles. The van der Waals surface area contributed by atoms with Crippen LogP contribution in [-0.2, 0) is 24.1 Å². The van der Waals surface area contributed by atoms with Crippen LogP contribution in [0.4, 0.5) is 0 Å². The molecule has 0 amide bonds. The molecule has 92 valence electrons. The Bertz CT molecular complexity index is 427. The minimum Gasteiger partial charge on any atom is -0.870 e. The molecule has 1 rings (SSSR count). The number of carbonyl (C=O) groups excluding carboxylic acids is 1. The van der Waals surface area contributed by atoms with E-state index >= 15 is 0 Å². The van der Waals surface area contributed by atoms with Crippen molar-refractivity contribution in [3.05, 3.63) is 11.5 Å². The second-order valence-electron chi connectivity index (χ2n) is 2.76. The van der Waals surface area contributed by atoms with Crippen LogP contribution < -0.4 is 5.11 Å². The van der Waals surface area contributed by atoms with Gasteiger partial charge >= 0.3 is 54.9 Å². The molecule has 0 unspecified atom stereocenters. The van der Waals surface area contributed by atoms with Gasteiger partial charge < -0.3 is 28.8 Å². The molecule has 1 aliphatic heterocycles. The van der Waals surface area contributed by atoms with Crippen LogP contribution in [0.1, 0.15) is 0 Å². The minimum absolute atomic E-state index is 0. The summed E-state index contributed by atoms with van der Waals surface area (Å²) >= 11 is 0. The van der Waals surface area contributed by atoms with Crippen LogP contribution >= 0.6 is 0 Å². The van der Waals surface area contributed by atoms with Gasteiger partial charge in [-0.25, -0.2) is 13.2 Å². The topological polar surface area (TPSA) is 156 Å². The fraction of sp³-hybridized carbons (Fsp3) is 0.500. The summed E-state index contributed by atoms with van der Waals surface area (Å²) in [6, 6.07) is 0. The van der Waals surface area contributed by atoms with Crippen LogP contribution in [0, 0.1) is 0 Å². The number of esters is 1. The summed E-state index contributed by atoms with van der Waals surface area (Å²) in [4.78, 5) is 10.9. The first kappa shape index (κ1) is 17.2. The van der Waals surface area contributed by atoms with Crippen molar-refractivity contribution in [3.8, 4) is 0 Å². The van der Waals surface area contributed by atoms with Crippen molar-refractivity contribution in [2.75, 3.05) is 6.61 Å². The van der Waals surface area contributed by atoms with Crippen LogP contribution in [0.5, 0.6) is 0 Å². The summed E-state index contributed by atoms with van der Waals surface area (Å²) in [5.74, 6) is -4.12. The summed E-state index contributed by atoms with van der Waals surface area (Å²) in [5.41, 5.74) is 0. The quantitative estimate of drug-likeness (QED) is 0.210. The van der Waals surface area contributed by atoms with Crippen LogP contribution in [0.3, 0.4) is 0 Å². The maximum atomic E-state index is 11.2. The smallest absolute Gasteiger partial charge is 0.870 e. The summed E-state index contributed by atoms with van der Waals surface area (Å²) < 4.78 is 38.2. The molecular weight excluding hydrogens is 385 g/mol. The number of cyclic esters (lactones) is 1. The Kier molecular flexibility index (Phi) is 6.48. The van der Waals surface area contributed by atoms with E-state index in [2.05, 4.69) is 8.92 Å². The molecule has 0 aromatic rings. The molecule has 0 aromatic carbocycles. The summed E-state index contributed by atoms with van der Waals surface area (Å²) in [6.45, 7) is -0.888. The van der Waals surface area contributed by atoms with Gasteiger partial charge in [0.2, 0.25) is 5.76 Å². The van der Waals surface area contributed by atoms with Gasteiger partial charge in [0.15, 0.2) is 0 Å². The van der Waals surface area contributed by atoms with E-state index in [0.717, 1.165) is 0 Å².